The molecule has 0 bridgehead atoms. The normalized spacial score (nSPS) is 30.1. The Morgan fingerprint density at radius 2 is 2.10 bits per heavy atom. The number of hydrogen-bond donors (Lipinski definition) is 0. The quantitative estimate of drug-likeness (QED) is 0.789. The molecule has 0 radical (unpaired) electrons. The van der Waals surface area contributed by atoms with Gasteiger partial charge in [0.25, 0.3) is 0 Å². The van der Waals surface area contributed by atoms with Crippen molar-refractivity contribution < 1.29 is 8.76 Å². The lowest BCUT2D eigenvalue weighted by atomic mass is 10.0. The van der Waals surface area contributed by atoms with Gasteiger partial charge in [0.15, 0.2) is 0 Å². The molecule has 1 unspecified atom stereocenters. The van der Waals surface area contributed by atoms with Crippen molar-refractivity contribution in [3.8, 4) is 0 Å². The summed E-state index contributed by atoms with van der Waals surface area (Å²) < 4.78 is 27.8. The maximum atomic E-state index is 12.0. The van der Waals surface area contributed by atoms with Crippen molar-refractivity contribution in [1.82, 2.24) is 13.8 Å². The van der Waals surface area contributed by atoms with Gasteiger partial charge in [0.1, 0.15) is 16.2 Å². The fraction of sp³-hybridized carbons (Fsp3) is 0.714. The monoisotopic (exact) mass is 297 g/mol. The summed E-state index contributed by atoms with van der Waals surface area (Å²) in [6.45, 7) is 3.66. The molecule has 2 aliphatic rings. The van der Waals surface area contributed by atoms with Crippen LogP contribution >= 0.6 is 0 Å². The predicted octanol–water partition coefficient (Wildman–Crippen LogP) is 1.24. The highest BCUT2D eigenvalue weighted by Crippen LogP contribution is 2.27. The lowest BCUT2D eigenvalue weighted by molar-refractivity contribution is 0.151. The molecule has 0 amide bonds. The summed E-state index contributed by atoms with van der Waals surface area (Å²) in [5.41, 5.74) is 1.32. The Balaban J connectivity index is 1.55. The first-order valence-electron chi connectivity index (χ1n) is 7.38. The Bertz CT molecular complexity index is 508. The number of aromatic nitrogens is 1. The van der Waals surface area contributed by atoms with Gasteiger partial charge in [-0.2, -0.15) is 0 Å². The highest BCUT2D eigenvalue weighted by molar-refractivity contribution is 7.95. The summed E-state index contributed by atoms with van der Waals surface area (Å²) in [4.78, 5) is 2.43. The number of rotatable bonds is 3. The van der Waals surface area contributed by atoms with Crippen molar-refractivity contribution >= 4 is 10.4 Å². The van der Waals surface area contributed by atoms with E-state index >= 15 is 0 Å². The van der Waals surface area contributed by atoms with Crippen molar-refractivity contribution in [3.63, 3.8) is 0 Å². The molecular formula is C14H23N3O2S. The smallest absolute Gasteiger partial charge is 0.129 e. The summed E-state index contributed by atoms with van der Waals surface area (Å²) in [6.07, 6.45) is 4.79. The predicted molar refractivity (Wildman–Crippen MR) is 78.7 cm³/mol. The molecule has 0 N–H and O–H groups in total. The fourth-order valence-electron chi connectivity index (χ4n) is 3.32. The van der Waals surface area contributed by atoms with E-state index in [1.54, 1.807) is 4.31 Å². The van der Waals surface area contributed by atoms with Crippen LogP contribution in [-0.2, 0) is 28.2 Å². The number of piperidine rings is 1. The minimum atomic E-state index is -2.95. The van der Waals surface area contributed by atoms with Gasteiger partial charge in [-0.3, -0.25) is 4.90 Å². The minimum Gasteiger partial charge on any atom is -0.598 e. The van der Waals surface area contributed by atoms with E-state index in [-0.39, 0.29) is 6.04 Å². The van der Waals surface area contributed by atoms with Crippen LogP contribution in [0.1, 0.15) is 25.0 Å². The molecule has 1 aromatic heterocycles. The van der Waals surface area contributed by atoms with Crippen LogP contribution in [0.4, 0.5) is 0 Å². The molecule has 20 heavy (non-hydrogen) atoms. The Morgan fingerprint density at radius 3 is 2.65 bits per heavy atom. The molecule has 0 aromatic carbocycles. The first-order chi connectivity index (χ1) is 9.56. The van der Waals surface area contributed by atoms with Gasteiger partial charge in [-0.1, -0.05) is 4.21 Å². The molecule has 0 spiro atoms. The van der Waals surface area contributed by atoms with Gasteiger partial charge in [0, 0.05) is 51.5 Å². The Morgan fingerprint density at radius 1 is 1.35 bits per heavy atom. The highest BCUT2D eigenvalue weighted by atomic mass is 32.3. The van der Waals surface area contributed by atoms with Crippen LogP contribution in [0.3, 0.4) is 0 Å². The summed E-state index contributed by atoms with van der Waals surface area (Å²) in [6, 6.07) is 4.45. The zero-order chi connectivity index (χ0) is 14.2. The average Bonchev–Trinajstić information content (AvgIpc) is 2.97. The first-order valence-corrected chi connectivity index (χ1v) is 8.99. The van der Waals surface area contributed by atoms with Crippen molar-refractivity contribution in [2.75, 3.05) is 25.4 Å². The zero-order valence-electron chi connectivity index (χ0n) is 12.0. The Labute approximate surface area is 121 Å². The lowest BCUT2D eigenvalue weighted by Crippen LogP contribution is -2.47. The van der Waals surface area contributed by atoms with E-state index in [2.05, 4.69) is 34.8 Å². The van der Waals surface area contributed by atoms with Gasteiger partial charge in [0.05, 0.1) is 6.04 Å². The van der Waals surface area contributed by atoms with E-state index in [1.165, 1.54) is 5.69 Å². The van der Waals surface area contributed by atoms with Gasteiger partial charge in [0.2, 0.25) is 0 Å². The summed E-state index contributed by atoms with van der Waals surface area (Å²) in [5.74, 6) is 0.344. The van der Waals surface area contributed by atoms with Gasteiger partial charge >= 0.3 is 0 Å². The van der Waals surface area contributed by atoms with Crippen molar-refractivity contribution in [2.24, 2.45) is 7.05 Å². The number of hydrogen-bond acceptors (Lipinski definition) is 3. The molecular weight excluding hydrogens is 274 g/mol. The zero-order valence-corrected chi connectivity index (χ0v) is 12.8. The molecule has 0 saturated carbocycles. The summed E-state index contributed by atoms with van der Waals surface area (Å²) in [7, 11) is -0.882. The summed E-state index contributed by atoms with van der Waals surface area (Å²) in [5, 5.41) is 0. The van der Waals surface area contributed by atoms with Crippen LogP contribution in [0.2, 0.25) is 0 Å². The average molecular weight is 297 g/mol. The molecule has 1 atom stereocenters. The van der Waals surface area contributed by atoms with Gasteiger partial charge < -0.3 is 9.12 Å². The molecule has 6 heteroatoms. The summed E-state index contributed by atoms with van der Waals surface area (Å²) >= 11 is 0. The van der Waals surface area contributed by atoms with Crippen molar-refractivity contribution in [2.45, 2.75) is 31.8 Å². The third-order valence-electron chi connectivity index (χ3n) is 4.54. The molecule has 2 aliphatic heterocycles. The van der Waals surface area contributed by atoms with Crippen LogP contribution in [-0.4, -0.2) is 49.8 Å². The molecule has 3 rings (SSSR count). The molecule has 5 nitrogen and oxygen atoms in total. The van der Waals surface area contributed by atoms with Crippen molar-refractivity contribution in [3.05, 3.63) is 24.0 Å². The lowest BCUT2D eigenvalue weighted by Gasteiger charge is -2.36. The number of likely N-dealkylation sites (tertiary alicyclic amines) is 1. The maximum Gasteiger partial charge on any atom is 0.129 e. The van der Waals surface area contributed by atoms with E-state index in [9.17, 15) is 8.76 Å². The maximum absolute atomic E-state index is 12.0. The van der Waals surface area contributed by atoms with E-state index in [1.807, 2.05) is 0 Å². The molecule has 3 heterocycles. The second-order valence-corrected chi connectivity index (χ2v) is 7.94. The topological polar surface area (TPSA) is 51.5 Å². The van der Waals surface area contributed by atoms with E-state index in [4.69, 9.17) is 0 Å². The second kappa shape index (κ2) is 5.60. The van der Waals surface area contributed by atoms with Crippen LogP contribution in [0.15, 0.2) is 18.3 Å². The number of sulfonamides is 1. The Hall–Kier alpha value is -0.690. The van der Waals surface area contributed by atoms with Gasteiger partial charge in [-0.15, -0.1) is 4.31 Å². The van der Waals surface area contributed by atoms with Crippen LogP contribution in [0, 0.1) is 0 Å². The number of aryl methyl sites for hydroxylation is 1. The van der Waals surface area contributed by atoms with Crippen LogP contribution in [0.5, 0.6) is 0 Å². The van der Waals surface area contributed by atoms with E-state index in [0.717, 1.165) is 45.4 Å². The standard InChI is InChI=1S/C14H23N3O2S/c1-15-7-2-4-14(15)12-16-9-5-13(6-10-16)17-8-3-11-20(17,18)19/h2,4,7,13H,3,5-6,8-12H2,1H3. The largest absolute Gasteiger partial charge is 0.598 e. The van der Waals surface area contributed by atoms with Gasteiger partial charge in [-0.25, -0.2) is 0 Å². The minimum absolute atomic E-state index is 0.229. The van der Waals surface area contributed by atoms with Crippen LogP contribution < -0.4 is 0 Å². The van der Waals surface area contributed by atoms with E-state index in [0.29, 0.717) is 5.75 Å². The van der Waals surface area contributed by atoms with Crippen molar-refractivity contribution in [1.29, 1.82) is 0 Å². The highest BCUT2D eigenvalue weighted by Gasteiger charge is 2.40. The number of nitrogens with zero attached hydrogens (tertiary/aromatic N) is 3. The fourth-order valence-corrected chi connectivity index (χ4v) is 5.12. The molecule has 0 aliphatic carbocycles. The SMILES string of the molecule is Cn1cccc1CN1CCC(N2CCC[S+]2(=O)[O-])CC1. The Kier molecular flexibility index (Phi) is 3.99. The molecule has 1 aromatic rings. The third kappa shape index (κ3) is 2.83. The van der Waals surface area contributed by atoms with Crippen LogP contribution in [0.25, 0.3) is 0 Å². The third-order valence-corrected chi connectivity index (χ3v) is 6.54. The second-order valence-electron chi connectivity index (χ2n) is 5.90. The molecule has 112 valence electrons. The first kappa shape index (κ1) is 14.3. The molecule has 2 saturated heterocycles. The van der Waals surface area contributed by atoms with Gasteiger partial charge in [-0.05, 0) is 25.0 Å². The molecule has 2 fully saturated rings. The van der Waals surface area contributed by atoms with E-state index < -0.39 is 10.4 Å².